The quantitative estimate of drug-likeness (QED) is 0.835. The highest BCUT2D eigenvalue weighted by atomic mass is 32.1. The second-order valence-corrected chi connectivity index (χ2v) is 5.29. The van der Waals surface area contributed by atoms with Gasteiger partial charge in [0.15, 0.2) is 0 Å². The first-order valence-corrected chi connectivity index (χ1v) is 7.28. The van der Waals surface area contributed by atoms with Gasteiger partial charge in [-0.1, -0.05) is 0 Å². The second-order valence-electron chi connectivity index (χ2n) is 4.37. The van der Waals surface area contributed by atoms with Crippen LogP contribution in [0.4, 0.5) is 0 Å². The van der Waals surface area contributed by atoms with Gasteiger partial charge in [-0.05, 0) is 23.9 Å². The van der Waals surface area contributed by atoms with E-state index in [-0.39, 0.29) is 5.91 Å². The molecule has 20 heavy (non-hydrogen) atoms. The lowest BCUT2D eigenvalue weighted by Crippen LogP contribution is -2.26. The van der Waals surface area contributed by atoms with E-state index >= 15 is 0 Å². The minimum atomic E-state index is -0.0274. The number of thiophene rings is 1. The molecule has 6 nitrogen and oxygen atoms in total. The van der Waals surface area contributed by atoms with E-state index in [9.17, 15) is 4.79 Å². The molecule has 0 radical (unpaired) electrons. The van der Waals surface area contributed by atoms with Crippen molar-refractivity contribution in [1.82, 2.24) is 20.1 Å². The van der Waals surface area contributed by atoms with E-state index in [0.717, 1.165) is 22.8 Å². The van der Waals surface area contributed by atoms with Crippen LogP contribution in [0.25, 0.3) is 0 Å². The highest BCUT2D eigenvalue weighted by molar-refractivity contribution is 7.12. The average Bonchev–Trinajstić information content (AvgIpc) is 3.05. The van der Waals surface area contributed by atoms with Crippen LogP contribution in [-0.2, 0) is 17.7 Å². The summed E-state index contributed by atoms with van der Waals surface area (Å²) >= 11 is 1.46. The number of aryl methyl sites for hydroxylation is 1. The van der Waals surface area contributed by atoms with Gasteiger partial charge in [0.1, 0.15) is 12.2 Å². The molecule has 7 heteroatoms. The first-order valence-electron chi connectivity index (χ1n) is 6.40. The van der Waals surface area contributed by atoms with E-state index in [2.05, 4.69) is 15.5 Å². The van der Waals surface area contributed by atoms with Gasteiger partial charge in [0.05, 0.1) is 11.5 Å². The molecular weight excluding hydrogens is 276 g/mol. The van der Waals surface area contributed by atoms with Crippen LogP contribution in [0.5, 0.6) is 0 Å². The zero-order valence-corrected chi connectivity index (χ0v) is 12.4. The number of nitrogens with one attached hydrogen (secondary N) is 1. The summed E-state index contributed by atoms with van der Waals surface area (Å²) < 4.78 is 6.97. The number of aromatic nitrogens is 3. The second kappa shape index (κ2) is 7.16. The molecule has 1 amide bonds. The van der Waals surface area contributed by atoms with Crippen molar-refractivity contribution in [3.63, 3.8) is 0 Å². The first kappa shape index (κ1) is 14.7. The van der Waals surface area contributed by atoms with E-state index in [4.69, 9.17) is 4.74 Å². The van der Waals surface area contributed by atoms with Gasteiger partial charge in [0, 0.05) is 26.6 Å². The maximum absolute atomic E-state index is 11.9. The highest BCUT2D eigenvalue weighted by Crippen LogP contribution is 2.14. The Morgan fingerprint density at radius 3 is 3.10 bits per heavy atom. The van der Waals surface area contributed by atoms with Crippen LogP contribution in [-0.4, -0.2) is 40.9 Å². The fourth-order valence-corrected chi connectivity index (χ4v) is 2.66. The number of ether oxygens (including phenoxy) is 1. The first-order chi connectivity index (χ1) is 9.72. The molecule has 0 bridgehead atoms. The van der Waals surface area contributed by atoms with Crippen molar-refractivity contribution in [3.05, 3.63) is 34.0 Å². The summed E-state index contributed by atoms with van der Waals surface area (Å²) in [5, 5.41) is 12.8. The van der Waals surface area contributed by atoms with Gasteiger partial charge in [-0.15, -0.1) is 21.5 Å². The molecule has 0 aliphatic heterocycles. The molecule has 2 aromatic rings. The number of methoxy groups -OCH3 is 1. The monoisotopic (exact) mass is 294 g/mol. The summed E-state index contributed by atoms with van der Waals surface area (Å²) in [6.45, 7) is 3.82. The minimum absolute atomic E-state index is 0.0274. The molecule has 2 heterocycles. The molecule has 0 aliphatic rings. The normalized spacial score (nSPS) is 10.7. The zero-order chi connectivity index (χ0) is 14.4. The van der Waals surface area contributed by atoms with Gasteiger partial charge in [-0.25, -0.2) is 0 Å². The maximum atomic E-state index is 11.9. The Balaban J connectivity index is 1.83. The van der Waals surface area contributed by atoms with E-state index < -0.39 is 0 Å². The van der Waals surface area contributed by atoms with Crippen molar-refractivity contribution in [2.45, 2.75) is 19.9 Å². The van der Waals surface area contributed by atoms with Crippen molar-refractivity contribution >= 4 is 17.2 Å². The standard InChI is InChI=1S/C13H18N4O2S/c1-10-4-8-20-12(10)13(18)14-5-3-11-16-15-9-17(11)6-7-19-2/h4,8-9H,3,5-7H2,1-2H3,(H,14,18). The van der Waals surface area contributed by atoms with Crippen molar-refractivity contribution in [2.75, 3.05) is 20.3 Å². The largest absolute Gasteiger partial charge is 0.383 e. The molecule has 2 rings (SSSR count). The molecule has 0 unspecified atom stereocenters. The van der Waals surface area contributed by atoms with E-state index in [1.807, 2.05) is 22.9 Å². The summed E-state index contributed by atoms with van der Waals surface area (Å²) in [5.74, 6) is 0.825. The van der Waals surface area contributed by atoms with Crippen LogP contribution >= 0.6 is 11.3 Å². The fraction of sp³-hybridized carbons (Fsp3) is 0.462. The van der Waals surface area contributed by atoms with Crippen LogP contribution in [0.15, 0.2) is 17.8 Å². The molecule has 0 atom stereocenters. The average molecular weight is 294 g/mol. The smallest absolute Gasteiger partial charge is 0.261 e. The molecule has 0 spiro atoms. The number of rotatable bonds is 7. The number of amides is 1. The third kappa shape index (κ3) is 3.64. The van der Waals surface area contributed by atoms with Gasteiger partial charge in [0.25, 0.3) is 5.91 Å². The SMILES string of the molecule is COCCn1cnnc1CCNC(=O)c1sccc1C. The predicted octanol–water partition coefficient (Wildman–Crippen LogP) is 1.27. The van der Waals surface area contributed by atoms with Crippen LogP contribution < -0.4 is 5.32 Å². The van der Waals surface area contributed by atoms with Gasteiger partial charge < -0.3 is 14.6 Å². The molecule has 0 aromatic carbocycles. The summed E-state index contributed by atoms with van der Waals surface area (Å²) in [7, 11) is 1.66. The molecule has 2 aromatic heterocycles. The van der Waals surface area contributed by atoms with Crippen LogP contribution in [0.1, 0.15) is 21.1 Å². The van der Waals surface area contributed by atoms with Crippen molar-refractivity contribution in [3.8, 4) is 0 Å². The number of carbonyl (C=O) groups excluding carboxylic acids is 1. The topological polar surface area (TPSA) is 69.0 Å². The summed E-state index contributed by atoms with van der Waals surface area (Å²) in [6, 6.07) is 1.95. The van der Waals surface area contributed by atoms with Gasteiger partial charge in [-0.3, -0.25) is 4.79 Å². The number of nitrogens with zero attached hydrogens (tertiary/aromatic N) is 3. The predicted molar refractivity (Wildman–Crippen MR) is 77.0 cm³/mol. The Morgan fingerprint density at radius 2 is 2.40 bits per heavy atom. The number of hydrogen-bond donors (Lipinski definition) is 1. The Kier molecular flexibility index (Phi) is 5.25. The van der Waals surface area contributed by atoms with Crippen molar-refractivity contribution < 1.29 is 9.53 Å². The fourth-order valence-electron chi connectivity index (χ4n) is 1.82. The molecule has 0 fully saturated rings. The Bertz CT molecular complexity index is 564. The summed E-state index contributed by atoms with van der Waals surface area (Å²) in [4.78, 5) is 12.7. The Hall–Kier alpha value is -1.73. The number of carbonyl (C=O) groups is 1. The van der Waals surface area contributed by atoms with E-state index in [1.54, 1.807) is 13.4 Å². The zero-order valence-electron chi connectivity index (χ0n) is 11.6. The number of hydrogen-bond acceptors (Lipinski definition) is 5. The van der Waals surface area contributed by atoms with Crippen LogP contribution in [0.2, 0.25) is 0 Å². The highest BCUT2D eigenvalue weighted by Gasteiger charge is 2.10. The summed E-state index contributed by atoms with van der Waals surface area (Å²) in [5.41, 5.74) is 1.01. The van der Waals surface area contributed by atoms with Crippen molar-refractivity contribution in [2.24, 2.45) is 0 Å². The summed E-state index contributed by atoms with van der Waals surface area (Å²) in [6.07, 6.45) is 2.33. The van der Waals surface area contributed by atoms with Crippen LogP contribution in [0.3, 0.4) is 0 Å². The van der Waals surface area contributed by atoms with Crippen molar-refractivity contribution in [1.29, 1.82) is 0 Å². The van der Waals surface area contributed by atoms with Gasteiger partial charge in [0.2, 0.25) is 0 Å². The maximum Gasteiger partial charge on any atom is 0.261 e. The lowest BCUT2D eigenvalue weighted by Gasteiger charge is -2.07. The van der Waals surface area contributed by atoms with E-state index in [0.29, 0.717) is 19.6 Å². The molecule has 0 saturated carbocycles. The Labute approximate surface area is 121 Å². The lowest BCUT2D eigenvalue weighted by atomic mass is 10.3. The van der Waals surface area contributed by atoms with Gasteiger partial charge >= 0.3 is 0 Å². The van der Waals surface area contributed by atoms with Crippen LogP contribution in [0, 0.1) is 6.92 Å². The molecular formula is C13H18N4O2S. The molecule has 0 aliphatic carbocycles. The Morgan fingerprint density at radius 1 is 1.55 bits per heavy atom. The molecule has 1 N–H and O–H groups in total. The van der Waals surface area contributed by atoms with Gasteiger partial charge in [-0.2, -0.15) is 0 Å². The molecule has 108 valence electrons. The lowest BCUT2D eigenvalue weighted by molar-refractivity contribution is 0.0957. The third-order valence-electron chi connectivity index (χ3n) is 2.93. The third-order valence-corrected chi connectivity index (χ3v) is 3.95. The molecule has 0 saturated heterocycles. The van der Waals surface area contributed by atoms with E-state index in [1.165, 1.54) is 11.3 Å². The minimum Gasteiger partial charge on any atom is -0.383 e.